The molecule has 0 radical (unpaired) electrons. The van der Waals surface area contributed by atoms with E-state index in [0.29, 0.717) is 17.8 Å². The van der Waals surface area contributed by atoms with Crippen molar-refractivity contribution in [2.45, 2.75) is 0 Å². The third-order valence-corrected chi connectivity index (χ3v) is 10.4. The number of anilines is 3. The van der Waals surface area contributed by atoms with Crippen LogP contribution in [0.3, 0.4) is 0 Å². The van der Waals surface area contributed by atoms with E-state index in [1.165, 1.54) is 10.8 Å². The van der Waals surface area contributed by atoms with Crippen LogP contribution >= 0.6 is 0 Å². The largest absolute Gasteiger partial charge is 0.436 e. The minimum absolute atomic E-state index is 0.456. The van der Waals surface area contributed by atoms with Gasteiger partial charge in [0.15, 0.2) is 11.2 Å². The van der Waals surface area contributed by atoms with Gasteiger partial charge in [0.2, 0.25) is 11.8 Å². The maximum Gasteiger partial charge on any atom is 0.227 e. The van der Waals surface area contributed by atoms with Gasteiger partial charge in [-0.2, -0.15) is 0 Å². The van der Waals surface area contributed by atoms with Gasteiger partial charge in [-0.05, 0) is 141 Å². The molecule has 2 heterocycles. The fourth-order valence-corrected chi connectivity index (χ4v) is 7.53. The molecule has 0 fully saturated rings. The van der Waals surface area contributed by atoms with Crippen LogP contribution in [0.1, 0.15) is 1.37 Å². The number of oxazole rings is 2. The number of para-hydroxylation sites is 4. The van der Waals surface area contributed by atoms with Crippen LogP contribution in [-0.4, -0.2) is 9.97 Å². The second-order valence-corrected chi connectivity index (χ2v) is 13.8. The van der Waals surface area contributed by atoms with E-state index in [0.717, 1.165) is 83.1 Å². The van der Waals surface area contributed by atoms with Crippen molar-refractivity contribution in [2.24, 2.45) is 0 Å². The number of rotatable bonds is 6. The van der Waals surface area contributed by atoms with Gasteiger partial charge >= 0.3 is 0 Å². The molecule has 0 aliphatic carbocycles. The quantitative estimate of drug-likeness (QED) is 0.172. The highest BCUT2D eigenvalue weighted by Gasteiger charge is 2.17. The smallest absolute Gasteiger partial charge is 0.227 e. The minimum Gasteiger partial charge on any atom is -0.436 e. The lowest BCUT2D eigenvalue weighted by Crippen LogP contribution is -2.10. The van der Waals surface area contributed by atoms with Crippen molar-refractivity contribution >= 4 is 71.6 Å². The van der Waals surface area contributed by atoms with Gasteiger partial charge in [0.25, 0.3) is 0 Å². The van der Waals surface area contributed by atoms with Crippen molar-refractivity contribution in [3.63, 3.8) is 0 Å². The maximum atomic E-state index is 9.33. The third kappa shape index (κ3) is 5.58. The van der Waals surface area contributed by atoms with Crippen molar-refractivity contribution < 1.29 is 10.2 Å². The van der Waals surface area contributed by atoms with Crippen LogP contribution in [0.5, 0.6) is 0 Å². The first-order valence-corrected chi connectivity index (χ1v) is 18.3. The lowest BCUT2D eigenvalue weighted by atomic mass is 9.98. The summed E-state index contributed by atoms with van der Waals surface area (Å²) in [7, 11) is 0. The van der Waals surface area contributed by atoms with E-state index in [1.807, 2.05) is 66.7 Å². The monoisotopic (exact) mass is 706 g/mol. The zero-order valence-electron chi connectivity index (χ0n) is 30.5. The Morgan fingerprint density at radius 1 is 0.364 bits per heavy atom. The fourth-order valence-electron chi connectivity index (χ4n) is 7.53. The molecular formula is C50H31N3O2. The summed E-state index contributed by atoms with van der Waals surface area (Å²) in [6.45, 7) is 0. The van der Waals surface area contributed by atoms with Gasteiger partial charge in [0.1, 0.15) is 11.0 Å². The predicted molar refractivity (Wildman–Crippen MR) is 225 cm³/mol. The van der Waals surface area contributed by atoms with E-state index in [9.17, 15) is 1.37 Å². The zero-order chi connectivity index (χ0) is 37.2. The zero-order valence-corrected chi connectivity index (χ0v) is 29.5. The first-order valence-electron chi connectivity index (χ1n) is 18.8. The van der Waals surface area contributed by atoms with Crippen LogP contribution < -0.4 is 4.90 Å². The Hall–Kier alpha value is -7.50. The molecule has 9 aromatic carbocycles. The molecule has 5 nitrogen and oxygen atoms in total. The number of benzene rings is 9. The second kappa shape index (κ2) is 12.6. The summed E-state index contributed by atoms with van der Waals surface area (Å²) in [6, 6.07) is 62.6. The van der Waals surface area contributed by atoms with Gasteiger partial charge in [-0.1, -0.05) is 91.0 Å². The first kappa shape index (κ1) is 30.0. The Balaban J connectivity index is 1.01. The molecule has 0 unspecified atom stereocenters. The SMILES string of the molecule is [2H]c1cc(N(c2ccc(-c3nc4ccccc4o3)cc2)c2ccc3cc(-c4nc5ccccc5o4)ccc3c2)cc2ccc(-c3ccc4ccccc4c3)cc12. The Bertz CT molecular complexity index is 3230. The Labute approximate surface area is 317 Å². The highest BCUT2D eigenvalue weighted by molar-refractivity contribution is 5.96. The molecular weight excluding hydrogens is 675 g/mol. The average molecular weight is 707 g/mol. The molecule has 55 heavy (non-hydrogen) atoms. The molecule has 0 bridgehead atoms. The number of hydrogen-bond acceptors (Lipinski definition) is 5. The summed E-state index contributed by atoms with van der Waals surface area (Å²) in [4.78, 5) is 11.6. The molecule has 5 heteroatoms. The van der Waals surface area contributed by atoms with Crippen LogP contribution in [-0.2, 0) is 0 Å². The number of hydrogen-bond donors (Lipinski definition) is 0. The lowest BCUT2D eigenvalue weighted by molar-refractivity contribution is 0.619. The minimum atomic E-state index is 0.456. The van der Waals surface area contributed by atoms with Crippen molar-refractivity contribution in [1.82, 2.24) is 9.97 Å². The number of fused-ring (bicyclic) bond motifs is 5. The molecule has 0 spiro atoms. The van der Waals surface area contributed by atoms with Crippen molar-refractivity contribution in [2.75, 3.05) is 4.90 Å². The summed E-state index contributed by atoms with van der Waals surface area (Å²) < 4.78 is 21.5. The van der Waals surface area contributed by atoms with E-state index in [-0.39, 0.29) is 0 Å². The van der Waals surface area contributed by atoms with Gasteiger partial charge in [-0.15, -0.1) is 0 Å². The molecule has 0 saturated carbocycles. The lowest BCUT2D eigenvalue weighted by Gasteiger charge is -2.26. The average Bonchev–Trinajstić information content (AvgIpc) is 3.89. The fraction of sp³-hybridized carbons (Fsp3) is 0. The second-order valence-electron chi connectivity index (χ2n) is 13.8. The van der Waals surface area contributed by atoms with Gasteiger partial charge in [-0.3, -0.25) is 0 Å². The van der Waals surface area contributed by atoms with E-state index >= 15 is 0 Å². The standard InChI is InChI=1S/C50H31N3O2/c1-2-8-34-27-35(14-13-32(34)7-1)36-15-16-39-30-43(25-21-37(39)28-36)53(42-23-19-33(20-24-42)49-51-45-9-3-5-11-47(45)54-49)44-26-22-38-29-41(18-17-40(38)31-44)50-52-46-10-4-6-12-48(46)55-50/h1-31H/i21D. The summed E-state index contributed by atoms with van der Waals surface area (Å²) in [5.74, 6) is 1.17. The topological polar surface area (TPSA) is 55.3 Å². The van der Waals surface area contributed by atoms with Crippen LogP contribution in [0.15, 0.2) is 197 Å². The Kier molecular flexibility index (Phi) is 6.86. The highest BCUT2D eigenvalue weighted by atomic mass is 16.4. The van der Waals surface area contributed by atoms with Gasteiger partial charge in [0, 0.05) is 28.2 Å². The van der Waals surface area contributed by atoms with E-state index in [2.05, 4.69) is 120 Å². The third-order valence-electron chi connectivity index (χ3n) is 10.4. The Morgan fingerprint density at radius 3 is 1.53 bits per heavy atom. The van der Waals surface area contributed by atoms with Gasteiger partial charge in [0.05, 0.1) is 1.37 Å². The number of aromatic nitrogens is 2. The van der Waals surface area contributed by atoms with Crippen LogP contribution in [0.25, 0.3) is 88.6 Å². The van der Waals surface area contributed by atoms with Crippen LogP contribution in [0.2, 0.25) is 0 Å². The summed E-state index contributed by atoms with van der Waals surface area (Å²) in [6.07, 6.45) is 0. The predicted octanol–water partition coefficient (Wildman–Crippen LogP) is 13.9. The summed E-state index contributed by atoms with van der Waals surface area (Å²) >= 11 is 0. The molecule has 2 aromatic heterocycles. The number of nitrogens with zero attached hydrogens (tertiary/aromatic N) is 3. The molecule has 0 atom stereocenters. The Morgan fingerprint density at radius 2 is 0.818 bits per heavy atom. The molecule has 0 amide bonds. The molecule has 11 rings (SSSR count). The van der Waals surface area contributed by atoms with E-state index in [4.69, 9.17) is 18.8 Å². The molecule has 11 aromatic rings. The van der Waals surface area contributed by atoms with Gasteiger partial charge < -0.3 is 13.7 Å². The highest BCUT2D eigenvalue weighted by Crippen LogP contribution is 2.40. The van der Waals surface area contributed by atoms with Crippen LogP contribution in [0, 0.1) is 0 Å². The van der Waals surface area contributed by atoms with Gasteiger partial charge in [-0.25, -0.2) is 9.97 Å². The van der Waals surface area contributed by atoms with Crippen molar-refractivity contribution in [1.29, 1.82) is 0 Å². The molecule has 258 valence electrons. The summed E-state index contributed by atoms with van der Waals surface area (Å²) in [5.41, 5.74) is 10.0. The van der Waals surface area contributed by atoms with E-state index < -0.39 is 0 Å². The normalized spacial score (nSPS) is 11.9. The maximum absolute atomic E-state index is 9.33. The van der Waals surface area contributed by atoms with Crippen molar-refractivity contribution in [3.05, 3.63) is 188 Å². The van der Waals surface area contributed by atoms with Crippen LogP contribution in [0.4, 0.5) is 17.1 Å². The molecule has 0 aliphatic heterocycles. The summed E-state index contributed by atoms with van der Waals surface area (Å²) in [5, 5.41) is 6.44. The van der Waals surface area contributed by atoms with Crippen molar-refractivity contribution in [3.8, 4) is 34.0 Å². The first-order chi connectivity index (χ1) is 27.6. The molecule has 0 saturated heterocycles. The molecule has 0 N–H and O–H groups in total. The van der Waals surface area contributed by atoms with E-state index in [1.54, 1.807) is 0 Å². The molecule has 0 aliphatic rings.